The van der Waals surface area contributed by atoms with Crippen LogP contribution in [0.1, 0.15) is 32.8 Å². The third kappa shape index (κ3) is 4.37. The molecule has 2 N–H and O–H groups in total. The van der Waals surface area contributed by atoms with Crippen molar-refractivity contribution in [2.75, 3.05) is 11.9 Å². The Kier molecular flexibility index (Phi) is 5.56. The number of nitrogens with one attached hydrogen (secondary N) is 2. The number of hydrogen-bond donors (Lipinski definition) is 2. The summed E-state index contributed by atoms with van der Waals surface area (Å²) in [5.41, 5.74) is 1.12. The summed E-state index contributed by atoms with van der Waals surface area (Å²) in [5.74, 6) is 0.760. The molecule has 16 heavy (non-hydrogen) atoms. The zero-order valence-corrected chi connectivity index (χ0v) is 10.9. The van der Waals surface area contributed by atoms with Crippen molar-refractivity contribution in [3.63, 3.8) is 0 Å². The van der Waals surface area contributed by atoms with Gasteiger partial charge in [-0.15, -0.1) is 0 Å². The highest BCUT2D eigenvalue weighted by Crippen LogP contribution is 2.20. The summed E-state index contributed by atoms with van der Waals surface area (Å²) in [6.45, 7) is 8.11. The summed E-state index contributed by atoms with van der Waals surface area (Å²) >= 11 is 6.13. The van der Waals surface area contributed by atoms with Gasteiger partial charge in [0.1, 0.15) is 5.82 Å². The minimum atomic E-state index is 0.342. The molecule has 0 saturated carbocycles. The lowest BCUT2D eigenvalue weighted by Crippen LogP contribution is -2.15. The molecule has 0 atom stereocenters. The molecule has 0 unspecified atom stereocenters. The molecule has 0 bridgehead atoms. The second-order valence-electron chi connectivity index (χ2n) is 4.15. The summed E-state index contributed by atoms with van der Waals surface area (Å²) < 4.78 is 0. The van der Waals surface area contributed by atoms with E-state index in [2.05, 4.69) is 36.4 Å². The van der Waals surface area contributed by atoms with Crippen LogP contribution in [0.5, 0.6) is 0 Å². The number of halogens is 1. The first kappa shape index (κ1) is 13.3. The van der Waals surface area contributed by atoms with E-state index in [4.69, 9.17) is 11.6 Å². The van der Waals surface area contributed by atoms with Crippen molar-refractivity contribution in [1.82, 2.24) is 10.3 Å². The van der Waals surface area contributed by atoms with Gasteiger partial charge in [-0.2, -0.15) is 0 Å². The third-order valence-corrected chi connectivity index (χ3v) is 2.37. The highest BCUT2D eigenvalue weighted by atomic mass is 35.5. The Morgan fingerprint density at radius 3 is 2.75 bits per heavy atom. The fourth-order valence-electron chi connectivity index (χ4n) is 1.36. The quantitative estimate of drug-likeness (QED) is 0.752. The smallest absolute Gasteiger partial charge is 0.144 e. The van der Waals surface area contributed by atoms with Gasteiger partial charge >= 0.3 is 0 Å². The SMILES string of the molecule is CCCNCc1cnc(NC(C)C)c(Cl)c1. The first-order valence-corrected chi connectivity index (χ1v) is 6.13. The Hall–Kier alpha value is -0.800. The molecule has 0 spiro atoms. The van der Waals surface area contributed by atoms with Crippen LogP contribution in [0.25, 0.3) is 0 Å². The Bertz CT molecular complexity index is 326. The molecule has 0 aliphatic rings. The molecule has 90 valence electrons. The van der Waals surface area contributed by atoms with E-state index in [0.29, 0.717) is 11.1 Å². The number of rotatable bonds is 6. The molecule has 0 amide bonds. The van der Waals surface area contributed by atoms with Gasteiger partial charge in [-0.1, -0.05) is 18.5 Å². The normalized spacial score (nSPS) is 10.8. The molecule has 0 aromatic carbocycles. The molecule has 0 aliphatic heterocycles. The zero-order chi connectivity index (χ0) is 12.0. The van der Waals surface area contributed by atoms with E-state index in [9.17, 15) is 0 Å². The van der Waals surface area contributed by atoms with E-state index in [1.54, 1.807) is 0 Å². The Balaban J connectivity index is 2.60. The van der Waals surface area contributed by atoms with Crippen molar-refractivity contribution < 1.29 is 0 Å². The Morgan fingerprint density at radius 1 is 1.44 bits per heavy atom. The lowest BCUT2D eigenvalue weighted by Gasteiger charge is -2.11. The maximum atomic E-state index is 6.13. The predicted molar refractivity (Wildman–Crippen MR) is 70.0 cm³/mol. The van der Waals surface area contributed by atoms with Crippen LogP contribution in [-0.2, 0) is 6.54 Å². The van der Waals surface area contributed by atoms with Crippen molar-refractivity contribution in [2.24, 2.45) is 0 Å². The largest absolute Gasteiger partial charge is 0.367 e. The topological polar surface area (TPSA) is 37.0 Å². The average molecular weight is 242 g/mol. The molecule has 1 aromatic rings. The van der Waals surface area contributed by atoms with Crippen molar-refractivity contribution >= 4 is 17.4 Å². The predicted octanol–water partition coefficient (Wildman–Crippen LogP) is 3.05. The van der Waals surface area contributed by atoms with Crippen molar-refractivity contribution in [3.05, 3.63) is 22.8 Å². The van der Waals surface area contributed by atoms with Crippen LogP contribution < -0.4 is 10.6 Å². The number of hydrogen-bond acceptors (Lipinski definition) is 3. The number of pyridine rings is 1. The van der Waals surface area contributed by atoms with E-state index in [1.807, 2.05) is 12.3 Å². The van der Waals surface area contributed by atoms with Gasteiger partial charge in [-0.05, 0) is 38.4 Å². The Morgan fingerprint density at radius 2 is 2.19 bits per heavy atom. The minimum Gasteiger partial charge on any atom is -0.367 e. The van der Waals surface area contributed by atoms with Gasteiger partial charge in [-0.25, -0.2) is 4.98 Å². The van der Waals surface area contributed by atoms with Crippen molar-refractivity contribution in [3.8, 4) is 0 Å². The first-order chi connectivity index (χ1) is 7.63. The van der Waals surface area contributed by atoms with Gasteiger partial charge in [0.25, 0.3) is 0 Å². The minimum absolute atomic E-state index is 0.342. The zero-order valence-electron chi connectivity index (χ0n) is 10.2. The standard InChI is InChI=1S/C12H20ClN3/c1-4-5-14-7-10-6-11(13)12(15-8-10)16-9(2)3/h6,8-9,14H,4-5,7H2,1-3H3,(H,15,16). The van der Waals surface area contributed by atoms with Gasteiger partial charge in [0.05, 0.1) is 5.02 Å². The molecular formula is C12H20ClN3. The van der Waals surface area contributed by atoms with Crippen LogP contribution in [-0.4, -0.2) is 17.6 Å². The number of anilines is 1. The van der Waals surface area contributed by atoms with Gasteiger partial charge < -0.3 is 10.6 Å². The van der Waals surface area contributed by atoms with Crippen LogP contribution in [0.2, 0.25) is 5.02 Å². The lowest BCUT2D eigenvalue weighted by molar-refractivity contribution is 0.674. The highest BCUT2D eigenvalue weighted by molar-refractivity contribution is 6.32. The van der Waals surface area contributed by atoms with Gasteiger partial charge in [0.2, 0.25) is 0 Å². The first-order valence-electron chi connectivity index (χ1n) is 5.75. The van der Waals surface area contributed by atoms with E-state index < -0.39 is 0 Å². The molecule has 3 nitrogen and oxygen atoms in total. The van der Waals surface area contributed by atoms with Crippen LogP contribution in [0, 0.1) is 0 Å². The van der Waals surface area contributed by atoms with E-state index in [-0.39, 0.29) is 0 Å². The number of nitrogens with zero attached hydrogens (tertiary/aromatic N) is 1. The van der Waals surface area contributed by atoms with Crippen LogP contribution in [0.4, 0.5) is 5.82 Å². The fourth-order valence-corrected chi connectivity index (χ4v) is 1.61. The van der Waals surface area contributed by atoms with E-state index in [1.165, 1.54) is 0 Å². The highest BCUT2D eigenvalue weighted by Gasteiger charge is 2.04. The molecule has 1 rings (SSSR count). The monoisotopic (exact) mass is 241 g/mol. The maximum absolute atomic E-state index is 6.13. The van der Waals surface area contributed by atoms with Crippen LogP contribution in [0.3, 0.4) is 0 Å². The summed E-state index contributed by atoms with van der Waals surface area (Å²) in [6, 6.07) is 2.30. The molecule has 4 heteroatoms. The van der Waals surface area contributed by atoms with Gasteiger partial charge in [0.15, 0.2) is 0 Å². The van der Waals surface area contributed by atoms with Crippen LogP contribution in [0.15, 0.2) is 12.3 Å². The summed E-state index contributed by atoms with van der Waals surface area (Å²) in [7, 11) is 0. The average Bonchev–Trinajstić information content (AvgIpc) is 2.22. The summed E-state index contributed by atoms with van der Waals surface area (Å²) in [5, 5.41) is 7.21. The molecule has 0 radical (unpaired) electrons. The van der Waals surface area contributed by atoms with Gasteiger partial charge in [0, 0.05) is 18.8 Å². The summed E-state index contributed by atoms with van der Waals surface area (Å²) in [6.07, 6.45) is 2.99. The van der Waals surface area contributed by atoms with E-state index in [0.717, 1.165) is 30.9 Å². The summed E-state index contributed by atoms with van der Waals surface area (Å²) in [4.78, 5) is 4.31. The van der Waals surface area contributed by atoms with Crippen molar-refractivity contribution in [2.45, 2.75) is 39.8 Å². The maximum Gasteiger partial charge on any atom is 0.144 e. The third-order valence-electron chi connectivity index (χ3n) is 2.08. The molecule has 0 saturated heterocycles. The molecule has 1 aromatic heterocycles. The molecule has 0 fully saturated rings. The van der Waals surface area contributed by atoms with Crippen molar-refractivity contribution in [1.29, 1.82) is 0 Å². The second kappa shape index (κ2) is 6.71. The lowest BCUT2D eigenvalue weighted by atomic mass is 10.2. The van der Waals surface area contributed by atoms with Crippen LogP contribution >= 0.6 is 11.6 Å². The number of aromatic nitrogens is 1. The molecular weight excluding hydrogens is 222 g/mol. The molecule has 1 heterocycles. The Labute approximate surface area is 103 Å². The molecule has 0 aliphatic carbocycles. The second-order valence-corrected chi connectivity index (χ2v) is 4.56. The van der Waals surface area contributed by atoms with Gasteiger partial charge in [-0.3, -0.25) is 0 Å². The van der Waals surface area contributed by atoms with E-state index >= 15 is 0 Å². The fraction of sp³-hybridized carbons (Fsp3) is 0.583.